The van der Waals surface area contributed by atoms with Crippen LogP contribution in [-0.4, -0.2) is 49.3 Å². The number of hydrogen-bond acceptors (Lipinski definition) is 5. The summed E-state index contributed by atoms with van der Waals surface area (Å²) in [7, 11) is -1.67. The average Bonchev–Trinajstić information content (AvgIpc) is 2.93. The zero-order chi connectivity index (χ0) is 16.4. The molecular formula is C15H21N5O2S. The van der Waals surface area contributed by atoms with Crippen LogP contribution in [0.25, 0.3) is 0 Å². The Morgan fingerprint density at radius 1 is 1.09 bits per heavy atom. The zero-order valence-corrected chi connectivity index (χ0v) is 13.9. The molecule has 2 N–H and O–H groups in total. The first kappa shape index (κ1) is 16.0. The molecular weight excluding hydrogens is 314 g/mol. The Balaban J connectivity index is 1.59. The molecule has 1 aliphatic rings. The van der Waals surface area contributed by atoms with Crippen LogP contribution in [0.5, 0.6) is 0 Å². The number of benzene rings is 1. The van der Waals surface area contributed by atoms with Crippen molar-refractivity contribution < 1.29 is 8.42 Å². The fraction of sp³-hybridized carbons (Fsp3) is 0.400. The van der Waals surface area contributed by atoms with Gasteiger partial charge in [0.1, 0.15) is 0 Å². The van der Waals surface area contributed by atoms with Gasteiger partial charge in [0.15, 0.2) is 0 Å². The second kappa shape index (κ2) is 6.31. The molecule has 1 saturated heterocycles. The van der Waals surface area contributed by atoms with Crippen molar-refractivity contribution in [2.75, 3.05) is 31.1 Å². The number of sulfonamides is 1. The molecule has 124 valence electrons. The van der Waals surface area contributed by atoms with Crippen LogP contribution in [0.2, 0.25) is 0 Å². The highest BCUT2D eigenvalue weighted by Crippen LogP contribution is 2.19. The summed E-state index contributed by atoms with van der Waals surface area (Å²) in [5.41, 5.74) is 2.23. The topological polar surface area (TPSA) is 84.5 Å². The van der Waals surface area contributed by atoms with Crippen molar-refractivity contribution in [1.82, 2.24) is 14.7 Å². The molecule has 0 aliphatic carbocycles. The summed E-state index contributed by atoms with van der Waals surface area (Å²) in [6.45, 7) is 4.64. The van der Waals surface area contributed by atoms with E-state index in [-0.39, 0.29) is 4.90 Å². The van der Waals surface area contributed by atoms with Gasteiger partial charge in [0.2, 0.25) is 10.0 Å². The van der Waals surface area contributed by atoms with Gasteiger partial charge in [-0.3, -0.25) is 9.58 Å². The van der Waals surface area contributed by atoms with Gasteiger partial charge in [-0.15, -0.1) is 0 Å². The molecule has 23 heavy (non-hydrogen) atoms. The number of piperazine rings is 1. The van der Waals surface area contributed by atoms with Crippen molar-refractivity contribution in [2.45, 2.75) is 11.4 Å². The standard InChI is InChI=1S/C15H21N5O2S/c1-18-14(6-7-17-18)12-19-8-10-20(11-9-19)13-2-4-15(5-3-13)23(16,21)22/h2-7H,8-12H2,1H3,(H2,16,21,22). The van der Waals surface area contributed by atoms with Crippen LogP contribution >= 0.6 is 0 Å². The van der Waals surface area contributed by atoms with Crippen molar-refractivity contribution in [3.05, 3.63) is 42.2 Å². The maximum Gasteiger partial charge on any atom is 0.238 e. The molecule has 8 heteroatoms. The number of nitrogens with zero attached hydrogens (tertiary/aromatic N) is 4. The summed E-state index contributed by atoms with van der Waals surface area (Å²) >= 11 is 0. The number of primary sulfonamides is 1. The number of rotatable bonds is 4. The third-order valence-electron chi connectivity index (χ3n) is 4.21. The maximum absolute atomic E-state index is 11.3. The minimum atomic E-state index is -3.63. The van der Waals surface area contributed by atoms with E-state index in [9.17, 15) is 8.42 Å². The smallest absolute Gasteiger partial charge is 0.238 e. The van der Waals surface area contributed by atoms with E-state index in [1.165, 1.54) is 5.69 Å². The van der Waals surface area contributed by atoms with Crippen LogP contribution < -0.4 is 10.0 Å². The summed E-state index contributed by atoms with van der Waals surface area (Å²) in [5, 5.41) is 9.32. The highest BCUT2D eigenvalue weighted by atomic mass is 32.2. The third kappa shape index (κ3) is 3.72. The van der Waals surface area contributed by atoms with Crippen LogP contribution in [0.4, 0.5) is 5.69 Å². The molecule has 0 unspecified atom stereocenters. The molecule has 1 aromatic carbocycles. The van der Waals surface area contributed by atoms with Gasteiger partial charge < -0.3 is 4.90 Å². The molecule has 0 spiro atoms. The summed E-state index contributed by atoms with van der Waals surface area (Å²) in [4.78, 5) is 4.80. The summed E-state index contributed by atoms with van der Waals surface area (Å²) in [6, 6.07) is 8.80. The van der Waals surface area contributed by atoms with Crippen LogP contribution in [0.15, 0.2) is 41.4 Å². The van der Waals surface area contributed by atoms with Crippen LogP contribution in [0.3, 0.4) is 0 Å². The molecule has 1 fully saturated rings. The summed E-state index contributed by atoms with van der Waals surface area (Å²) in [6.07, 6.45) is 1.82. The minimum absolute atomic E-state index is 0.149. The molecule has 0 radical (unpaired) electrons. The molecule has 1 aromatic heterocycles. The molecule has 3 rings (SSSR count). The molecule has 1 aliphatic heterocycles. The average molecular weight is 335 g/mol. The van der Waals surface area contributed by atoms with E-state index >= 15 is 0 Å². The third-order valence-corrected chi connectivity index (χ3v) is 5.14. The minimum Gasteiger partial charge on any atom is -0.369 e. The fourth-order valence-corrected chi connectivity index (χ4v) is 3.31. The Kier molecular flexibility index (Phi) is 4.38. The van der Waals surface area contributed by atoms with Gasteiger partial charge in [0.05, 0.1) is 10.6 Å². The first-order chi connectivity index (χ1) is 10.9. The molecule has 0 bridgehead atoms. The monoisotopic (exact) mass is 335 g/mol. The lowest BCUT2D eigenvalue weighted by Crippen LogP contribution is -2.46. The normalized spacial score (nSPS) is 16.7. The lowest BCUT2D eigenvalue weighted by molar-refractivity contribution is 0.243. The van der Waals surface area contributed by atoms with Gasteiger partial charge in [-0.05, 0) is 30.3 Å². The van der Waals surface area contributed by atoms with Gasteiger partial charge in [-0.1, -0.05) is 0 Å². The maximum atomic E-state index is 11.3. The Hall–Kier alpha value is -1.90. The number of anilines is 1. The van der Waals surface area contributed by atoms with Gasteiger partial charge in [0, 0.05) is 51.7 Å². The molecule has 2 aromatic rings. The second-order valence-electron chi connectivity index (χ2n) is 5.75. The van der Waals surface area contributed by atoms with Crippen molar-refractivity contribution in [3.8, 4) is 0 Å². The highest BCUT2D eigenvalue weighted by molar-refractivity contribution is 7.89. The van der Waals surface area contributed by atoms with Crippen LogP contribution in [-0.2, 0) is 23.6 Å². The number of nitrogens with two attached hydrogens (primary N) is 1. The van der Waals surface area contributed by atoms with E-state index in [1.807, 2.05) is 36.1 Å². The van der Waals surface area contributed by atoms with Crippen LogP contribution in [0.1, 0.15) is 5.69 Å². The van der Waals surface area contributed by atoms with E-state index in [1.54, 1.807) is 12.1 Å². The highest BCUT2D eigenvalue weighted by Gasteiger charge is 2.18. The van der Waals surface area contributed by atoms with Gasteiger partial charge in [0.25, 0.3) is 0 Å². The largest absolute Gasteiger partial charge is 0.369 e. The zero-order valence-electron chi connectivity index (χ0n) is 13.1. The fourth-order valence-electron chi connectivity index (χ4n) is 2.80. The Morgan fingerprint density at radius 3 is 2.26 bits per heavy atom. The number of aromatic nitrogens is 2. The van der Waals surface area contributed by atoms with Gasteiger partial charge in [-0.2, -0.15) is 5.10 Å². The van der Waals surface area contributed by atoms with Crippen molar-refractivity contribution in [3.63, 3.8) is 0 Å². The van der Waals surface area contributed by atoms with Crippen molar-refractivity contribution in [2.24, 2.45) is 12.2 Å². The SMILES string of the molecule is Cn1nccc1CN1CCN(c2ccc(S(N)(=O)=O)cc2)CC1. The molecule has 0 atom stereocenters. The Morgan fingerprint density at radius 2 is 1.74 bits per heavy atom. The van der Waals surface area contributed by atoms with E-state index in [2.05, 4.69) is 14.9 Å². The van der Waals surface area contributed by atoms with E-state index < -0.39 is 10.0 Å². The summed E-state index contributed by atoms with van der Waals surface area (Å²) < 4.78 is 24.5. The van der Waals surface area contributed by atoms with Gasteiger partial charge >= 0.3 is 0 Å². The molecule has 0 amide bonds. The number of hydrogen-bond donors (Lipinski definition) is 1. The Labute approximate surface area is 136 Å². The first-order valence-electron chi connectivity index (χ1n) is 7.50. The quantitative estimate of drug-likeness (QED) is 0.874. The van der Waals surface area contributed by atoms with Crippen molar-refractivity contribution in [1.29, 1.82) is 0 Å². The first-order valence-corrected chi connectivity index (χ1v) is 9.05. The molecule has 0 saturated carbocycles. The summed E-state index contributed by atoms with van der Waals surface area (Å²) in [5.74, 6) is 0. The number of aryl methyl sites for hydroxylation is 1. The molecule has 2 heterocycles. The van der Waals surface area contributed by atoms with E-state index in [4.69, 9.17) is 5.14 Å². The van der Waals surface area contributed by atoms with E-state index in [0.29, 0.717) is 0 Å². The van der Waals surface area contributed by atoms with Gasteiger partial charge in [-0.25, -0.2) is 13.6 Å². The lowest BCUT2D eigenvalue weighted by Gasteiger charge is -2.36. The predicted molar refractivity (Wildman–Crippen MR) is 88.5 cm³/mol. The predicted octanol–water partition coefficient (Wildman–Crippen LogP) is 0.390. The molecule has 7 nitrogen and oxygen atoms in total. The second-order valence-corrected chi connectivity index (χ2v) is 7.31. The lowest BCUT2D eigenvalue weighted by atomic mass is 10.2. The van der Waals surface area contributed by atoms with E-state index in [0.717, 1.165) is 38.4 Å². The van der Waals surface area contributed by atoms with Crippen molar-refractivity contribution >= 4 is 15.7 Å². The Bertz CT molecular complexity index is 761. The van der Waals surface area contributed by atoms with Crippen LogP contribution in [0, 0.1) is 0 Å².